The number of rotatable bonds is 3. The summed E-state index contributed by atoms with van der Waals surface area (Å²) in [6.07, 6.45) is 7.94. The van der Waals surface area contributed by atoms with Gasteiger partial charge in [0.05, 0.1) is 5.56 Å². The van der Waals surface area contributed by atoms with Crippen LogP contribution in [0.25, 0.3) is 5.65 Å². The predicted molar refractivity (Wildman–Crippen MR) is 107 cm³/mol. The Kier molecular flexibility index (Phi) is 4.43. The van der Waals surface area contributed by atoms with E-state index < -0.39 is 0 Å². The van der Waals surface area contributed by atoms with Crippen molar-refractivity contribution in [3.63, 3.8) is 0 Å². The molecule has 2 fully saturated rings. The van der Waals surface area contributed by atoms with Crippen LogP contribution >= 0.6 is 0 Å². The summed E-state index contributed by atoms with van der Waals surface area (Å²) in [5.74, 6) is 2.27. The molecule has 0 radical (unpaired) electrons. The van der Waals surface area contributed by atoms with Gasteiger partial charge in [-0.15, -0.1) is 10.2 Å². The Morgan fingerprint density at radius 2 is 1.79 bits per heavy atom. The second-order valence-corrected chi connectivity index (χ2v) is 7.62. The van der Waals surface area contributed by atoms with Crippen LogP contribution in [0, 0.1) is 0 Å². The third-order valence-electron chi connectivity index (χ3n) is 5.91. The molecule has 0 saturated carbocycles. The lowest BCUT2D eigenvalue weighted by Gasteiger charge is -2.32. The Balaban J connectivity index is 1.31. The number of amides is 1. The van der Waals surface area contributed by atoms with E-state index in [1.807, 2.05) is 41.4 Å². The molecule has 5 heterocycles. The maximum Gasteiger partial charge on any atom is 0.257 e. The zero-order valence-corrected chi connectivity index (χ0v) is 15.9. The lowest BCUT2D eigenvalue weighted by atomic mass is 9.95. The van der Waals surface area contributed by atoms with Gasteiger partial charge in [0.25, 0.3) is 5.91 Å². The molecule has 0 aliphatic carbocycles. The number of carbonyl (C=O) groups is 1. The number of aromatic nitrogens is 4. The van der Waals surface area contributed by atoms with Crippen molar-refractivity contribution in [2.75, 3.05) is 31.1 Å². The second kappa shape index (κ2) is 7.22. The molecule has 1 amide bonds. The molecule has 0 bridgehead atoms. The smallest absolute Gasteiger partial charge is 0.257 e. The minimum absolute atomic E-state index is 0.0968. The number of piperidine rings is 1. The lowest BCUT2D eigenvalue weighted by Crippen LogP contribution is -2.39. The topological polar surface area (TPSA) is 66.6 Å². The van der Waals surface area contributed by atoms with Crippen LogP contribution in [-0.2, 0) is 0 Å². The molecule has 144 valence electrons. The molecule has 0 spiro atoms. The predicted octanol–water partition coefficient (Wildman–Crippen LogP) is 2.74. The van der Waals surface area contributed by atoms with Crippen LogP contribution in [0.15, 0.2) is 42.7 Å². The van der Waals surface area contributed by atoms with Gasteiger partial charge in [-0.2, -0.15) is 0 Å². The van der Waals surface area contributed by atoms with E-state index in [9.17, 15) is 4.79 Å². The Morgan fingerprint density at radius 3 is 2.61 bits per heavy atom. The van der Waals surface area contributed by atoms with Crippen molar-refractivity contribution in [2.45, 2.75) is 31.6 Å². The number of likely N-dealkylation sites (tertiary alicyclic amines) is 1. The number of hydrogen-bond donors (Lipinski definition) is 0. The van der Waals surface area contributed by atoms with Crippen LogP contribution in [-0.4, -0.2) is 56.6 Å². The van der Waals surface area contributed by atoms with E-state index >= 15 is 0 Å². The third-order valence-corrected chi connectivity index (χ3v) is 5.91. The highest BCUT2D eigenvalue weighted by Crippen LogP contribution is 2.29. The first-order chi connectivity index (χ1) is 13.8. The van der Waals surface area contributed by atoms with E-state index in [4.69, 9.17) is 0 Å². The molecule has 7 nitrogen and oxygen atoms in total. The van der Waals surface area contributed by atoms with E-state index in [1.54, 1.807) is 6.20 Å². The average Bonchev–Trinajstić information content (AvgIpc) is 3.44. The summed E-state index contributed by atoms with van der Waals surface area (Å²) in [5.41, 5.74) is 1.61. The molecular weight excluding hydrogens is 352 g/mol. The van der Waals surface area contributed by atoms with Gasteiger partial charge >= 0.3 is 0 Å². The minimum Gasteiger partial charge on any atom is -0.356 e. The maximum atomic E-state index is 13.2. The van der Waals surface area contributed by atoms with Gasteiger partial charge < -0.3 is 9.80 Å². The number of hydrogen-bond acceptors (Lipinski definition) is 5. The molecule has 0 N–H and O–H groups in total. The lowest BCUT2D eigenvalue weighted by molar-refractivity contribution is 0.0711. The van der Waals surface area contributed by atoms with Crippen molar-refractivity contribution in [1.82, 2.24) is 24.5 Å². The van der Waals surface area contributed by atoms with Crippen molar-refractivity contribution in [2.24, 2.45) is 0 Å². The van der Waals surface area contributed by atoms with Crippen LogP contribution in [0.4, 0.5) is 5.82 Å². The summed E-state index contributed by atoms with van der Waals surface area (Å²) < 4.78 is 2.06. The maximum absolute atomic E-state index is 13.2. The fraction of sp³-hybridized carbons (Fsp3) is 0.429. The normalized spacial score (nSPS) is 18.1. The summed E-state index contributed by atoms with van der Waals surface area (Å²) in [6, 6.07) is 9.72. The summed E-state index contributed by atoms with van der Waals surface area (Å²) >= 11 is 0. The molecular formula is C21H24N6O. The Morgan fingerprint density at radius 1 is 0.964 bits per heavy atom. The van der Waals surface area contributed by atoms with Crippen molar-refractivity contribution < 1.29 is 4.79 Å². The van der Waals surface area contributed by atoms with Crippen LogP contribution in [0.2, 0.25) is 0 Å². The van der Waals surface area contributed by atoms with Gasteiger partial charge in [0.2, 0.25) is 0 Å². The highest BCUT2D eigenvalue weighted by Gasteiger charge is 2.29. The first-order valence-electron chi connectivity index (χ1n) is 10.1. The SMILES string of the molecule is O=C(c1cccnc1N1CCCC1)N1CCC(c2nnc3ccccn23)CC1. The van der Waals surface area contributed by atoms with Crippen LogP contribution in [0.3, 0.4) is 0 Å². The number of pyridine rings is 2. The van der Waals surface area contributed by atoms with Crippen molar-refractivity contribution in [1.29, 1.82) is 0 Å². The number of anilines is 1. The van der Waals surface area contributed by atoms with Gasteiger partial charge in [-0.3, -0.25) is 9.20 Å². The van der Waals surface area contributed by atoms with E-state index in [1.165, 1.54) is 12.8 Å². The van der Waals surface area contributed by atoms with Gasteiger partial charge in [0, 0.05) is 44.5 Å². The van der Waals surface area contributed by atoms with Crippen molar-refractivity contribution in [3.8, 4) is 0 Å². The molecule has 0 atom stereocenters. The molecule has 3 aromatic heterocycles. The van der Waals surface area contributed by atoms with Gasteiger partial charge in [-0.25, -0.2) is 4.98 Å². The summed E-state index contributed by atoms with van der Waals surface area (Å²) in [7, 11) is 0. The Bertz CT molecular complexity index is 985. The largest absolute Gasteiger partial charge is 0.356 e. The Labute approximate surface area is 164 Å². The zero-order valence-electron chi connectivity index (χ0n) is 15.9. The van der Waals surface area contributed by atoms with Gasteiger partial charge in [-0.05, 0) is 49.9 Å². The number of carbonyl (C=O) groups excluding carboxylic acids is 1. The number of nitrogens with zero attached hydrogens (tertiary/aromatic N) is 6. The standard InChI is InChI=1S/C21H24N6O/c28-21(17-6-5-10-22-20(17)25-11-3-4-12-25)26-14-8-16(9-15-26)19-24-23-18-7-1-2-13-27(18)19/h1-2,5-7,10,13,16H,3-4,8-9,11-12,14-15H2. The van der Waals surface area contributed by atoms with Gasteiger partial charge in [0.15, 0.2) is 5.65 Å². The molecule has 2 aliphatic rings. The van der Waals surface area contributed by atoms with E-state index in [0.717, 1.165) is 61.9 Å². The van der Waals surface area contributed by atoms with Gasteiger partial charge in [0.1, 0.15) is 11.6 Å². The highest BCUT2D eigenvalue weighted by molar-refractivity contribution is 5.99. The van der Waals surface area contributed by atoms with Gasteiger partial charge in [-0.1, -0.05) is 6.07 Å². The third kappa shape index (κ3) is 3.00. The van der Waals surface area contributed by atoms with Crippen LogP contribution in [0.1, 0.15) is 47.8 Å². The quantitative estimate of drug-likeness (QED) is 0.703. The molecule has 28 heavy (non-hydrogen) atoms. The fourth-order valence-electron chi connectivity index (χ4n) is 4.39. The number of fused-ring (bicyclic) bond motifs is 1. The summed E-state index contributed by atoms with van der Waals surface area (Å²) in [5, 5.41) is 8.68. The average molecular weight is 376 g/mol. The Hall–Kier alpha value is -2.96. The first-order valence-corrected chi connectivity index (χ1v) is 10.1. The summed E-state index contributed by atoms with van der Waals surface area (Å²) in [6.45, 7) is 3.44. The molecule has 7 heteroatoms. The van der Waals surface area contributed by atoms with E-state index in [0.29, 0.717) is 5.92 Å². The molecule has 3 aromatic rings. The summed E-state index contributed by atoms with van der Waals surface area (Å²) in [4.78, 5) is 21.9. The van der Waals surface area contributed by atoms with E-state index in [2.05, 4.69) is 24.5 Å². The second-order valence-electron chi connectivity index (χ2n) is 7.62. The first kappa shape index (κ1) is 17.2. The van der Waals surface area contributed by atoms with Crippen LogP contribution in [0.5, 0.6) is 0 Å². The zero-order chi connectivity index (χ0) is 18.9. The molecule has 5 rings (SSSR count). The van der Waals surface area contributed by atoms with Crippen molar-refractivity contribution in [3.05, 3.63) is 54.1 Å². The van der Waals surface area contributed by atoms with Crippen molar-refractivity contribution >= 4 is 17.4 Å². The molecule has 2 saturated heterocycles. The monoisotopic (exact) mass is 376 g/mol. The molecule has 2 aliphatic heterocycles. The van der Waals surface area contributed by atoms with E-state index in [-0.39, 0.29) is 5.91 Å². The molecule has 0 unspecified atom stereocenters. The molecule has 0 aromatic carbocycles. The van der Waals surface area contributed by atoms with Crippen LogP contribution < -0.4 is 4.90 Å². The highest BCUT2D eigenvalue weighted by atomic mass is 16.2. The fourth-order valence-corrected chi connectivity index (χ4v) is 4.39. The minimum atomic E-state index is 0.0968.